The van der Waals surface area contributed by atoms with Crippen LogP contribution in [0.4, 0.5) is 0 Å². The van der Waals surface area contributed by atoms with Gasteiger partial charge >= 0.3 is 5.97 Å². The summed E-state index contributed by atoms with van der Waals surface area (Å²) < 4.78 is 51.9. The Bertz CT molecular complexity index is 1160. The molecule has 7 unspecified atom stereocenters. The standard InChI is InChI=1S/C37H65NO11/c1-14-25-37(10,48-25)32-20(4)28-18(2)16-36(9,49-28)31(47-34-27(39)24(38(11)12)15-19(3)43-34)21(5)29(22(6)33(41)46-32)45-26-17-35(8,42-13)30(40)23(7)44-26/h18-32,34,39-40H,14-17H2,1-13H3/t18?,19?,20-,21-,22+,23?,24?,25-,26-,27?,28?,29-,30-,31+,32+,34-,35?,36+,37+/m0/s1. The zero-order chi connectivity index (χ0) is 36.4. The molecule has 0 amide bonds. The van der Waals surface area contributed by atoms with Crippen LogP contribution < -0.4 is 0 Å². The van der Waals surface area contributed by atoms with E-state index >= 15 is 0 Å². The number of nitrogens with zero attached hydrogens (tertiary/aromatic N) is 1. The Kier molecular flexibility index (Phi) is 11.6. The molecule has 5 rings (SSSR count). The Hall–Kier alpha value is -0.930. The van der Waals surface area contributed by atoms with Crippen LogP contribution in [0.5, 0.6) is 0 Å². The number of cyclic esters (lactones) is 1. The van der Waals surface area contributed by atoms with E-state index in [4.69, 9.17) is 37.9 Å². The molecule has 0 spiro atoms. The maximum Gasteiger partial charge on any atom is 0.311 e. The Morgan fingerprint density at radius 1 is 0.939 bits per heavy atom. The van der Waals surface area contributed by atoms with Gasteiger partial charge in [0.2, 0.25) is 0 Å². The maximum absolute atomic E-state index is 14.3. The summed E-state index contributed by atoms with van der Waals surface area (Å²) in [4.78, 5) is 16.3. The van der Waals surface area contributed by atoms with Crippen molar-refractivity contribution in [2.75, 3.05) is 21.2 Å². The number of fused-ring (bicyclic) bond motifs is 2. The van der Waals surface area contributed by atoms with Crippen LogP contribution in [0.3, 0.4) is 0 Å². The first kappa shape index (κ1) is 39.3. The highest BCUT2D eigenvalue weighted by molar-refractivity contribution is 5.73. The van der Waals surface area contributed by atoms with E-state index in [1.54, 1.807) is 14.0 Å². The maximum atomic E-state index is 14.3. The molecule has 5 heterocycles. The first-order valence-corrected chi connectivity index (χ1v) is 18.6. The largest absolute Gasteiger partial charge is 0.459 e. The van der Waals surface area contributed by atoms with Crippen molar-refractivity contribution < 1.29 is 52.9 Å². The highest BCUT2D eigenvalue weighted by Crippen LogP contribution is 2.52. The summed E-state index contributed by atoms with van der Waals surface area (Å²) in [6.45, 7) is 19.9. The van der Waals surface area contributed by atoms with Gasteiger partial charge in [0.05, 0.1) is 53.7 Å². The van der Waals surface area contributed by atoms with Gasteiger partial charge in [-0.15, -0.1) is 0 Å². The van der Waals surface area contributed by atoms with Gasteiger partial charge in [-0.3, -0.25) is 4.79 Å². The number of aliphatic hydroxyl groups excluding tert-OH is 2. The monoisotopic (exact) mass is 699 g/mol. The van der Waals surface area contributed by atoms with Gasteiger partial charge in [0.15, 0.2) is 12.6 Å². The lowest BCUT2D eigenvalue weighted by Gasteiger charge is -2.48. The van der Waals surface area contributed by atoms with E-state index in [9.17, 15) is 15.0 Å². The second kappa shape index (κ2) is 14.5. The molecule has 0 aromatic heterocycles. The zero-order valence-corrected chi connectivity index (χ0v) is 32.1. The molecule has 2 N–H and O–H groups in total. The molecular formula is C37H65NO11. The van der Waals surface area contributed by atoms with Gasteiger partial charge in [-0.05, 0) is 80.8 Å². The van der Waals surface area contributed by atoms with Crippen LogP contribution in [0.25, 0.3) is 0 Å². The highest BCUT2D eigenvalue weighted by atomic mass is 16.7. The predicted octanol–water partition coefficient (Wildman–Crippen LogP) is 3.67. The van der Waals surface area contributed by atoms with E-state index in [2.05, 4.69) is 27.7 Å². The molecule has 284 valence electrons. The van der Waals surface area contributed by atoms with Crippen molar-refractivity contribution in [2.45, 2.75) is 185 Å². The molecule has 19 atom stereocenters. The Labute approximate surface area is 293 Å². The van der Waals surface area contributed by atoms with Gasteiger partial charge in [0, 0.05) is 31.4 Å². The van der Waals surface area contributed by atoms with Crippen molar-refractivity contribution in [3.63, 3.8) is 0 Å². The number of ether oxygens (including phenoxy) is 8. The topological polar surface area (TPSA) is 138 Å². The average Bonchev–Trinajstić information content (AvgIpc) is 3.62. The molecule has 49 heavy (non-hydrogen) atoms. The van der Waals surface area contributed by atoms with Crippen molar-refractivity contribution in [3.8, 4) is 0 Å². The van der Waals surface area contributed by atoms with Crippen LogP contribution >= 0.6 is 0 Å². The van der Waals surface area contributed by atoms with Crippen molar-refractivity contribution in [3.05, 3.63) is 0 Å². The van der Waals surface area contributed by atoms with Crippen LogP contribution in [-0.4, -0.2) is 133 Å². The fraction of sp³-hybridized carbons (Fsp3) is 0.973. The summed E-state index contributed by atoms with van der Waals surface area (Å²) in [7, 11) is 5.46. The number of methoxy groups -OCH3 is 1. The summed E-state index contributed by atoms with van der Waals surface area (Å²) in [6.07, 6.45) is -4.08. The van der Waals surface area contributed by atoms with Gasteiger partial charge in [0.25, 0.3) is 0 Å². The molecule has 0 aromatic carbocycles. The minimum atomic E-state index is -0.932. The van der Waals surface area contributed by atoms with Crippen LogP contribution in [0.2, 0.25) is 0 Å². The summed E-state index contributed by atoms with van der Waals surface area (Å²) >= 11 is 0. The average molecular weight is 700 g/mol. The molecule has 5 fully saturated rings. The van der Waals surface area contributed by atoms with Crippen LogP contribution in [0, 0.1) is 23.7 Å². The van der Waals surface area contributed by atoms with Gasteiger partial charge in [-0.2, -0.15) is 0 Å². The number of carbonyl (C=O) groups excluding carboxylic acids is 1. The molecule has 0 radical (unpaired) electrons. The van der Waals surface area contributed by atoms with E-state index in [0.717, 1.165) is 6.42 Å². The number of hydrogen-bond acceptors (Lipinski definition) is 12. The van der Waals surface area contributed by atoms with E-state index in [-0.39, 0.29) is 42.6 Å². The quantitative estimate of drug-likeness (QED) is 0.283. The number of hydrogen-bond donors (Lipinski definition) is 2. The van der Waals surface area contributed by atoms with Crippen LogP contribution in [0.1, 0.15) is 94.9 Å². The molecule has 0 aromatic rings. The number of carbonyl (C=O) groups is 1. The van der Waals surface area contributed by atoms with Crippen molar-refractivity contribution in [1.82, 2.24) is 4.90 Å². The lowest BCUT2D eigenvalue weighted by Crippen LogP contribution is -2.60. The summed E-state index contributed by atoms with van der Waals surface area (Å²) in [5.74, 6) is -1.68. The molecule has 12 nitrogen and oxygen atoms in total. The van der Waals surface area contributed by atoms with E-state index in [1.807, 2.05) is 53.6 Å². The van der Waals surface area contributed by atoms with Gasteiger partial charge < -0.3 is 53.0 Å². The molecule has 5 saturated heterocycles. The lowest BCUT2D eigenvalue weighted by atomic mass is 9.77. The first-order chi connectivity index (χ1) is 22.8. The second-order valence-corrected chi connectivity index (χ2v) is 16.8. The smallest absolute Gasteiger partial charge is 0.311 e. The minimum absolute atomic E-state index is 0.0230. The van der Waals surface area contributed by atoms with Gasteiger partial charge in [-0.1, -0.05) is 27.7 Å². The molecule has 0 saturated carbocycles. The Balaban J connectivity index is 1.56. The van der Waals surface area contributed by atoms with Crippen molar-refractivity contribution in [1.29, 1.82) is 0 Å². The number of aliphatic hydroxyl groups is 2. The number of esters is 1. The molecule has 5 aliphatic heterocycles. The Morgan fingerprint density at radius 3 is 2.20 bits per heavy atom. The van der Waals surface area contributed by atoms with Crippen molar-refractivity contribution >= 4 is 5.97 Å². The third kappa shape index (κ3) is 7.35. The molecule has 0 aliphatic carbocycles. The predicted molar refractivity (Wildman–Crippen MR) is 181 cm³/mol. The highest BCUT2D eigenvalue weighted by Gasteiger charge is 2.64. The number of likely N-dealkylation sites (N-methyl/N-ethyl adjacent to an activating group) is 1. The zero-order valence-electron chi connectivity index (χ0n) is 32.1. The van der Waals surface area contributed by atoms with E-state index in [0.29, 0.717) is 12.8 Å². The van der Waals surface area contributed by atoms with Crippen LogP contribution in [-0.2, 0) is 42.7 Å². The molecule has 12 heteroatoms. The third-order valence-electron chi connectivity index (χ3n) is 12.6. The van der Waals surface area contributed by atoms with E-state index < -0.39 is 83.8 Å². The SMILES string of the molecule is CC[C@@H]1O[C@@]1(C)[C@@H]1OC(=O)[C@H](C)[C@@H](O[C@H]2CC(C)(OC)[C@@H](O)C(C)O2)[C@H](C)[C@@H](O[C@@H]2OC(C)CC(N(C)C)C2O)[C@@]2(C)CC(C)C(O2)[C@@H]1C. The molecular weight excluding hydrogens is 634 g/mol. The molecule has 5 aliphatic rings. The van der Waals surface area contributed by atoms with Crippen molar-refractivity contribution in [2.24, 2.45) is 23.7 Å². The molecule has 2 bridgehead atoms. The third-order valence-corrected chi connectivity index (χ3v) is 12.6. The first-order valence-electron chi connectivity index (χ1n) is 18.6. The summed E-state index contributed by atoms with van der Waals surface area (Å²) in [6, 6.07) is -0.168. The fourth-order valence-corrected chi connectivity index (χ4v) is 9.60. The number of epoxide rings is 1. The van der Waals surface area contributed by atoms with Gasteiger partial charge in [0.1, 0.15) is 23.9 Å². The minimum Gasteiger partial charge on any atom is -0.459 e. The second-order valence-electron chi connectivity index (χ2n) is 16.8. The van der Waals surface area contributed by atoms with E-state index in [1.165, 1.54) is 0 Å². The van der Waals surface area contributed by atoms with Crippen LogP contribution in [0.15, 0.2) is 0 Å². The summed E-state index contributed by atoms with van der Waals surface area (Å²) in [5, 5.41) is 22.5. The fourth-order valence-electron chi connectivity index (χ4n) is 9.60. The Morgan fingerprint density at radius 2 is 1.61 bits per heavy atom. The summed E-state index contributed by atoms with van der Waals surface area (Å²) in [5.41, 5.74) is -2.39. The lowest BCUT2D eigenvalue weighted by molar-refractivity contribution is -0.318. The van der Waals surface area contributed by atoms with Gasteiger partial charge in [-0.25, -0.2) is 0 Å². The number of rotatable bonds is 8. The normalized spacial score (nSPS) is 54.0.